The molecule has 0 bridgehead atoms. The maximum absolute atomic E-state index is 11.1. The molecule has 0 aliphatic rings. The quantitative estimate of drug-likeness (QED) is 0.933. The third-order valence-corrected chi connectivity index (χ3v) is 3.05. The number of aromatic nitrogens is 4. The van der Waals surface area contributed by atoms with Crippen LogP contribution >= 0.6 is 15.9 Å². The lowest BCUT2D eigenvalue weighted by molar-refractivity contribution is 0.0688. The third-order valence-electron chi connectivity index (χ3n) is 2.62. The zero-order valence-electron chi connectivity index (χ0n) is 10.5. The van der Waals surface area contributed by atoms with Crippen LogP contribution in [0.3, 0.4) is 0 Å². The molecule has 0 amide bonds. The number of halogens is 1. The second-order valence-corrected chi connectivity index (χ2v) is 5.37. The van der Waals surface area contributed by atoms with Gasteiger partial charge >= 0.3 is 5.97 Å². The molecule has 2 heterocycles. The molecule has 0 fully saturated rings. The first-order chi connectivity index (χ1) is 8.99. The van der Waals surface area contributed by atoms with Gasteiger partial charge in [-0.3, -0.25) is 4.98 Å². The number of nitrogens with zero attached hydrogens (tertiary/aromatic N) is 4. The molecule has 0 saturated heterocycles. The summed E-state index contributed by atoms with van der Waals surface area (Å²) in [5.41, 5.74) is 1.56. The van der Waals surface area contributed by atoms with E-state index in [-0.39, 0.29) is 11.6 Å². The van der Waals surface area contributed by atoms with E-state index in [1.54, 1.807) is 17.1 Å². The molecule has 2 aromatic heterocycles. The first-order valence-electron chi connectivity index (χ1n) is 5.75. The van der Waals surface area contributed by atoms with Crippen LogP contribution in [0.1, 0.15) is 41.5 Å². The molecule has 0 aromatic carbocycles. The van der Waals surface area contributed by atoms with E-state index in [9.17, 15) is 4.79 Å². The van der Waals surface area contributed by atoms with Gasteiger partial charge in [0.15, 0.2) is 5.69 Å². The molecule has 0 unspecified atom stereocenters. The number of rotatable bonds is 4. The van der Waals surface area contributed by atoms with Crippen molar-refractivity contribution in [1.29, 1.82) is 0 Å². The summed E-state index contributed by atoms with van der Waals surface area (Å²) in [5, 5.41) is 16.8. The zero-order chi connectivity index (χ0) is 14.0. The van der Waals surface area contributed by atoms with Gasteiger partial charge in [0.05, 0.1) is 12.2 Å². The normalized spacial score (nSPS) is 10.9. The van der Waals surface area contributed by atoms with Crippen molar-refractivity contribution in [3.05, 3.63) is 39.9 Å². The Kier molecular flexibility index (Phi) is 3.94. The minimum Gasteiger partial charge on any atom is -0.476 e. The van der Waals surface area contributed by atoms with Crippen molar-refractivity contribution < 1.29 is 9.90 Å². The fourth-order valence-corrected chi connectivity index (χ4v) is 2.29. The summed E-state index contributed by atoms with van der Waals surface area (Å²) >= 11 is 3.35. The lowest BCUT2D eigenvalue weighted by Gasteiger charge is -2.09. The molecule has 0 aliphatic carbocycles. The number of carboxylic acid groups (broad SMARTS) is 1. The highest BCUT2D eigenvalue weighted by atomic mass is 79.9. The highest BCUT2D eigenvalue weighted by Gasteiger charge is 2.21. The van der Waals surface area contributed by atoms with E-state index >= 15 is 0 Å². The maximum atomic E-state index is 11.1. The zero-order valence-corrected chi connectivity index (χ0v) is 12.1. The van der Waals surface area contributed by atoms with Gasteiger partial charge in [0.2, 0.25) is 0 Å². The number of aromatic carboxylic acids is 1. The van der Waals surface area contributed by atoms with E-state index in [1.807, 2.05) is 19.9 Å². The summed E-state index contributed by atoms with van der Waals surface area (Å²) in [6, 6.07) is 1.92. The van der Waals surface area contributed by atoms with Gasteiger partial charge in [0.1, 0.15) is 0 Å². The molecule has 1 N–H and O–H groups in total. The van der Waals surface area contributed by atoms with E-state index in [0.29, 0.717) is 12.2 Å². The largest absolute Gasteiger partial charge is 0.476 e. The van der Waals surface area contributed by atoms with Crippen LogP contribution < -0.4 is 0 Å². The van der Waals surface area contributed by atoms with Gasteiger partial charge in [0.25, 0.3) is 0 Å². The van der Waals surface area contributed by atoms with Crippen molar-refractivity contribution in [2.24, 2.45) is 0 Å². The van der Waals surface area contributed by atoms with Crippen molar-refractivity contribution in [3.63, 3.8) is 0 Å². The summed E-state index contributed by atoms with van der Waals surface area (Å²) in [4.78, 5) is 15.2. The van der Waals surface area contributed by atoms with Crippen LogP contribution in [-0.2, 0) is 6.54 Å². The standard InChI is InChI=1S/C12H13BrN4O2/c1-7(2)11-10(12(18)19)15-16-17(11)6-8-3-9(13)5-14-4-8/h3-5,7H,6H2,1-2H3,(H,18,19). The summed E-state index contributed by atoms with van der Waals surface area (Å²) in [6.07, 6.45) is 3.41. The predicted octanol–water partition coefficient (Wildman–Crippen LogP) is 2.31. The minimum absolute atomic E-state index is 0.0120. The fraction of sp³-hybridized carbons (Fsp3) is 0.333. The third kappa shape index (κ3) is 2.98. The Morgan fingerprint density at radius 2 is 2.21 bits per heavy atom. The van der Waals surface area contributed by atoms with Crippen molar-refractivity contribution in [3.8, 4) is 0 Å². The Labute approximate surface area is 118 Å². The first-order valence-corrected chi connectivity index (χ1v) is 6.54. The molecule has 0 aliphatic heterocycles. The summed E-state index contributed by atoms with van der Waals surface area (Å²) < 4.78 is 2.48. The molecule has 19 heavy (non-hydrogen) atoms. The monoisotopic (exact) mass is 324 g/mol. The number of carbonyl (C=O) groups is 1. The van der Waals surface area contributed by atoms with Gasteiger partial charge in [-0.15, -0.1) is 5.10 Å². The SMILES string of the molecule is CC(C)c1c(C(=O)O)nnn1Cc1cncc(Br)c1. The molecule has 100 valence electrons. The number of carboxylic acids is 1. The Balaban J connectivity index is 2.38. The van der Waals surface area contributed by atoms with Crippen LogP contribution in [0, 0.1) is 0 Å². The summed E-state index contributed by atoms with van der Waals surface area (Å²) in [5.74, 6) is -1.02. The van der Waals surface area contributed by atoms with E-state index in [2.05, 4.69) is 31.2 Å². The van der Waals surface area contributed by atoms with E-state index < -0.39 is 5.97 Å². The highest BCUT2D eigenvalue weighted by molar-refractivity contribution is 9.10. The second-order valence-electron chi connectivity index (χ2n) is 4.45. The maximum Gasteiger partial charge on any atom is 0.358 e. The molecule has 2 rings (SSSR count). The molecular weight excluding hydrogens is 312 g/mol. The average Bonchev–Trinajstić information content (AvgIpc) is 2.73. The molecule has 0 spiro atoms. The van der Waals surface area contributed by atoms with E-state index in [1.165, 1.54) is 0 Å². The molecule has 0 radical (unpaired) electrons. The van der Waals surface area contributed by atoms with Gasteiger partial charge < -0.3 is 5.11 Å². The first kappa shape index (κ1) is 13.7. The van der Waals surface area contributed by atoms with Crippen LogP contribution in [0.15, 0.2) is 22.9 Å². The average molecular weight is 325 g/mol. The lowest BCUT2D eigenvalue weighted by atomic mass is 10.1. The molecule has 0 saturated carbocycles. The molecule has 7 heteroatoms. The highest BCUT2D eigenvalue weighted by Crippen LogP contribution is 2.19. The fourth-order valence-electron chi connectivity index (χ4n) is 1.88. The smallest absolute Gasteiger partial charge is 0.358 e. The lowest BCUT2D eigenvalue weighted by Crippen LogP contribution is -2.11. The molecule has 2 aromatic rings. The number of hydrogen-bond donors (Lipinski definition) is 1. The molecular formula is C12H13BrN4O2. The molecule has 6 nitrogen and oxygen atoms in total. The Hall–Kier alpha value is -1.76. The van der Waals surface area contributed by atoms with Crippen molar-refractivity contribution in [1.82, 2.24) is 20.0 Å². The topological polar surface area (TPSA) is 80.9 Å². The van der Waals surface area contributed by atoms with Gasteiger partial charge in [0, 0.05) is 16.9 Å². The van der Waals surface area contributed by atoms with Gasteiger partial charge in [-0.2, -0.15) is 0 Å². The van der Waals surface area contributed by atoms with Crippen LogP contribution in [0.5, 0.6) is 0 Å². The van der Waals surface area contributed by atoms with Crippen LogP contribution in [0.2, 0.25) is 0 Å². The van der Waals surface area contributed by atoms with Gasteiger partial charge in [-0.1, -0.05) is 19.1 Å². The minimum atomic E-state index is -1.05. The van der Waals surface area contributed by atoms with Crippen molar-refractivity contribution >= 4 is 21.9 Å². The van der Waals surface area contributed by atoms with Crippen molar-refractivity contribution in [2.45, 2.75) is 26.3 Å². The summed E-state index contributed by atoms with van der Waals surface area (Å²) in [6.45, 7) is 4.28. The van der Waals surface area contributed by atoms with Crippen LogP contribution in [-0.4, -0.2) is 31.1 Å². The predicted molar refractivity (Wildman–Crippen MR) is 72.1 cm³/mol. The van der Waals surface area contributed by atoms with Crippen LogP contribution in [0.25, 0.3) is 0 Å². The van der Waals surface area contributed by atoms with E-state index in [0.717, 1.165) is 10.0 Å². The number of hydrogen-bond acceptors (Lipinski definition) is 4. The second kappa shape index (κ2) is 5.48. The number of pyridine rings is 1. The molecule has 0 atom stereocenters. The Bertz CT molecular complexity index is 610. The van der Waals surface area contributed by atoms with Gasteiger partial charge in [-0.25, -0.2) is 9.48 Å². The Morgan fingerprint density at radius 1 is 1.47 bits per heavy atom. The van der Waals surface area contributed by atoms with Crippen LogP contribution in [0.4, 0.5) is 0 Å². The van der Waals surface area contributed by atoms with Gasteiger partial charge in [-0.05, 0) is 33.5 Å². The van der Waals surface area contributed by atoms with Crippen molar-refractivity contribution in [2.75, 3.05) is 0 Å². The Morgan fingerprint density at radius 3 is 2.79 bits per heavy atom. The van der Waals surface area contributed by atoms with E-state index in [4.69, 9.17) is 5.11 Å². The summed E-state index contributed by atoms with van der Waals surface area (Å²) in [7, 11) is 0.